The molecule has 0 aromatic heterocycles. The van der Waals surface area contributed by atoms with Crippen LogP contribution in [-0.4, -0.2) is 24.4 Å². The van der Waals surface area contributed by atoms with Crippen LogP contribution in [-0.2, 0) is 6.54 Å². The highest BCUT2D eigenvalue weighted by Gasteiger charge is 2.19. The fourth-order valence-corrected chi connectivity index (χ4v) is 3.16. The van der Waals surface area contributed by atoms with Crippen molar-refractivity contribution in [2.45, 2.75) is 44.9 Å². The van der Waals surface area contributed by atoms with Gasteiger partial charge in [0, 0.05) is 16.6 Å². The van der Waals surface area contributed by atoms with Crippen LogP contribution < -0.4 is 10.1 Å². The summed E-state index contributed by atoms with van der Waals surface area (Å²) in [6.45, 7) is -1.58. The summed E-state index contributed by atoms with van der Waals surface area (Å²) in [4.78, 5) is 0. The molecule has 0 amide bonds. The number of hydrogen-bond acceptors (Lipinski definition) is 3. The van der Waals surface area contributed by atoms with Gasteiger partial charge in [-0.25, -0.2) is 0 Å². The average molecular weight is 364 g/mol. The summed E-state index contributed by atoms with van der Waals surface area (Å²) in [7, 11) is 0. The molecule has 2 rings (SSSR count). The van der Waals surface area contributed by atoms with Gasteiger partial charge in [-0.1, -0.05) is 22.4 Å². The zero-order valence-electron chi connectivity index (χ0n) is 11.7. The van der Waals surface area contributed by atoms with Gasteiger partial charge < -0.3 is 15.2 Å². The molecule has 0 spiro atoms. The van der Waals surface area contributed by atoms with Crippen LogP contribution >= 0.6 is 15.9 Å². The van der Waals surface area contributed by atoms with E-state index in [0.717, 1.165) is 36.7 Å². The zero-order valence-corrected chi connectivity index (χ0v) is 13.3. The molecule has 1 aromatic rings. The number of aliphatic hydroxyl groups excluding tert-OH is 1. The van der Waals surface area contributed by atoms with Crippen LogP contribution in [0.25, 0.3) is 0 Å². The van der Waals surface area contributed by atoms with Crippen molar-refractivity contribution < 1.29 is 18.6 Å². The Morgan fingerprint density at radius 1 is 1.38 bits per heavy atom. The molecule has 1 aliphatic rings. The number of benzene rings is 1. The molecule has 1 aromatic carbocycles. The van der Waals surface area contributed by atoms with Gasteiger partial charge in [0.25, 0.3) is 0 Å². The Balaban J connectivity index is 1.88. The molecule has 2 unspecified atom stereocenters. The first-order chi connectivity index (χ1) is 10.0. The van der Waals surface area contributed by atoms with E-state index in [1.54, 1.807) is 12.1 Å². The van der Waals surface area contributed by atoms with E-state index in [1.807, 2.05) is 0 Å². The Hall–Kier alpha value is -0.720. The molecule has 1 aliphatic carbocycles. The Morgan fingerprint density at radius 2 is 2.19 bits per heavy atom. The number of aliphatic hydroxyl groups is 1. The van der Waals surface area contributed by atoms with Crippen LogP contribution in [0.1, 0.15) is 31.2 Å². The third-order valence-electron chi connectivity index (χ3n) is 3.74. The Bertz CT molecular complexity index is 459. The van der Waals surface area contributed by atoms with Gasteiger partial charge in [0.1, 0.15) is 5.75 Å². The monoisotopic (exact) mass is 363 g/mol. The van der Waals surface area contributed by atoms with Crippen LogP contribution in [0.4, 0.5) is 8.78 Å². The highest BCUT2D eigenvalue weighted by molar-refractivity contribution is 9.10. The molecule has 1 fully saturated rings. The summed E-state index contributed by atoms with van der Waals surface area (Å²) < 4.78 is 30.1. The van der Waals surface area contributed by atoms with Gasteiger partial charge in [-0.05, 0) is 49.9 Å². The molecule has 0 aliphatic heterocycles. The SMILES string of the molecule is OC1CCCC(CNCc2cc(Br)ccc2OC(F)F)C1. The van der Waals surface area contributed by atoms with Crippen molar-refractivity contribution in [1.29, 1.82) is 0 Å². The quantitative estimate of drug-likeness (QED) is 0.809. The predicted octanol–water partition coefficient (Wildman–Crippen LogP) is 3.69. The largest absolute Gasteiger partial charge is 0.434 e. The molecule has 2 atom stereocenters. The van der Waals surface area contributed by atoms with E-state index in [2.05, 4.69) is 26.0 Å². The van der Waals surface area contributed by atoms with Gasteiger partial charge in [-0.15, -0.1) is 0 Å². The van der Waals surface area contributed by atoms with E-state index in [9.17, 15) is 13.9 Å². The Morgan fingerprint density at radius 3 is 2.90 bits per heavy atom. The molecule has 2 N–H and O–H groups in total. The maximum atomic E-state index is 12.4. The third kappa shape index (κ3) is 5.52. The lowest BCUT2D eigenvalue weighted by Gasteiger charge is -2.26. The van der Waals surface area contributed by atoms with Crippen LogP contribution in [0.5, 0.6) is 5.75 Å². The van der Waals surface area contributed by atoms with Crippen LogP contribution in [0.2, 0.25) is 0 Å². The molecule has 0 bridgehead atoms. The lowest BCUT2D eigenvalue weighted by molar-refractivity contribution is -0.0505. The second-order valence-electron chi connectivity index (χ2n) is 5.45. The van der Waals surface area contributed by atoms with Gasteiger partial charge in [-0.2, -0.15) is 8.78 Å². The summed E-state index contributed by atoms with van der Waals surface area (Å²) in [6, 6.07) is 5.00. The summed E-state index contributed by atoms with van der Waals surface area (Å²) in [5, 5.41) is 12.9. The lowest BCUT2D eigenvalue weighted by Crippen LogP contribution is -2.29. The summed E-state index contributed by atoms with van der Waals surface area (Å²) in [5.41, 5.74) is 0.695. The number of alkyl halides is 2. The van der Waals surface area contributed by atoms with E-state index in [4.69, 9.17) is 0 Å². The standard InChI is InChI=1S/C15H20BrF2NO2/c16-12-4-5-14(21-15(17)18)11(7-12)9-19-8-10-2-1-3-13(20)6-10/h4-5,7,10,13,15,19-20H,1-3,6,8-9H2. The third-order valence-corrected chi connectivity index (χ3v) is 4.24. The second-order valence-corrected chi connectivity index (χ2v) is 6.36. The first kappa shape index (κ1) is 16.6. The molecule has 21 heavy (non-hydrogen) atoms. The Labute approximate surface area is 131 Å². The van der Waals surface area contributed by atoms with E-state index in [0.29, 0.717) is 18.0 Å². The van der Waals surface area contributed by atoms with Crippen LogP contribution in [0.15, 0.2) is 22.7 Å². The normalized spacial score (nSPS) is 22.5. The smallest absolute Gasteiger partial charge is 0.387 e. The molecule has 0 radical (unpaired) electrons. The van der Waals surface area contributed by atoms with Crippen LogP contribution in [0, 0.1) is 5.92 Å². The number of nitrogens with one attached hydrogen (secondary N) is 1. The molecular formula is C15H20BrF2NO2. The van der Waals surface area contributed by atoms with E-state index < -0.39 is 6.61 Å². The maximum absolute atomic E-state index is 12.4. The number of hydrogen-bond donors (Lipinski definition) is 2. The molecule has 0 heterocycles. The number of rotatable bonds is 6. The highest BCUT2D eigenvalue weighted by Crippen LogP contribution is 2.26. The van der Waals surface area contributed by atoms with Gasteiger partial charge in [-0.3, -0.25) is 0 Å². The second kappa shape index (κ2) is 8.06. The minimum Gasteiger partial charge on any atom is -0.434 e. The summed E-state index contributed by atoms with van der Waals surface area (Å²) >= 11 is 3.34. The molecular weight excluding hydrogens is 344 g/mol. The fourth-order valence-electron chi connectivity index (χ4n) is 2.76. The maximum Gasteiger partial charge on any atom is 0.387 e. The van der Waals surface area contributed by atoms with Crippen molar-refractivity contribution in [3.63, 3.8) is 0 Å². The first-order valence-electron chi connectivity index (χ1n) is 7.16. The number of ether oxygens (including phenoxy) is 1. The lowest BCUT2D eigenvalue weighted by atomic mass is 9.87. The van der Waals surface area contributed by atoms with Gasteiger partial charge in [0.2, 0.25) is 0 Å². The van der Waals surface area contributed by atoms with E-state index >= 15 is 0 Å². The zero-order chi connectivity index (χ0) is 15.2. The van der Waals surface area contributed by atoms with Crippen molar-refractivity contribution >= 4 is 15.9 Å². The van der Waals surface area contributed by atoms with Crippen molar-refractivity contribution in [2.75, 3.05) is 6.54 Å². The van der Waals surface area contributed by atoms with Gasteiger partial charge in [0.05, 0.1) is 6.10 Å². The first-order valence-corrected chi connectivity index (χ1v) is 7.96. The topological polar surface area (TPSA) is 41.5 Å². The number of halogens is 3. The van der Waals surface area contributed by atoms with E-state index in [-0.39, 0.29) is 11.9 Å². The molecule has 3 nitrogen and oxygen atoms in total. The average Bonchev–Trinajstić information content (AvgIpc) is 2.41. The van der Waals surface area contributed by atoms with Gasteiger partial charge in [0.15, 0.2) is 0 Å². The Kier molecular flexibility index (Phi) is 6.39. The summed E-state index contributed by atoms with van der Waals surface area (Å²) in [5.74, 6) is 0.643. The fraction of sp³-hybridized carbons (Fsp3) is 0.600. The molecule has 6 heteroatoms. The highest BCUT2D eigenvalue weighted by atomic mass is 79.9. The van der Waals surface area contributed by atoms with Crippen molar-refractivity contribution in [1.82, 2.24) is 5.32 Å². The van der Waals surface area contributed by atoms with Crippen molar-refractivity contribution in [3.8, 4) is 5.75 Å². The molecule has 0 saturated heterocycles. The van der Waals surface area contributed by atoms with Crippen molar-refractivity contribution in [3.05, 3.63) is 28.2 Å². The van der Waals surface area contributed by atoms with E-state index in [1.165, 1.54) is 6.07 Å². The van der Waals surface area contributed by atoms with Crippen LogP contribution in [0.3, 0.4) is 0 Å². The predicted molar refractivity (Wildman–Crippen MR) is 80.4 cm³/mol. The van der Waals surface area contributed by atoms with Gasteiger partial charge >= 0.3 is 6.61 Å². The van der Waals surface area contributed by atoms with Crippen molar-refractivity contribution in [2.24, 2.45) is 5.92 Å². The minimum absolute atomic E-state index is 0.198. The molecule has 118 valence electrons. The summed E-state index contributed by atoms with van der Waals surface area (Å²) in [6.07, 6.45) is 3.64. The molecule has 1 saturated carbocycles. The minimum atomic E-state index is -2.82.